The summed E-state index contributed by atoms with van der Waals surface area (Å²) in [4.78, 5) is 8.38. The second-order valence-electron chi connectivity index (χ2n) is 5.94. The van der Waals surface area contributed by atoms with Gasteiger partial charge in [-0.1, -0.05) is 24.3 Å². The summed E-state index contributed by atoms with van der Waals surface area (Å²) in [5.74, 6) is 0.631. The Labute approximate surface area is 185 Å². The first kappa shape index (κ1) is 22.5. The lowest BCUT2D eigenvalue weighted by atomic mass is 10.2. The number of pyridine rings is 1. The molecule has 0 aliphatic rings. The maximum Gasteiger partial charge on any atom is 0.224 e. The van der Waals surface area contributed by atoms with E-state index in [1.807, 2.05) is 12.1 Å². The van der Waals surface area contributed by atoms with E-state index in [0.717, 1.165) is 11.1 Å². The van der Waals surface area contributed by atoms with Crippen molar-refractivity contribution in [3.05, 3.63) is 89.6 Å². The van der Waals surface area contributed by atoms with Crippen molar-refractivity contribution >= 4 is 29.9 Å². The van der Waals surface area contributed by atoms with Crippen LogP contribution in [0.1, 0.15) is 11.1 Å². The van der Waals surface area contributed by atoms with Crippen molar-refractivity contribution in [2.75, 3.05) is 7.05 Å². The Morgan fingerprint density at radius 1 is 0.966 bits per heavy atom. The van der Waals surface area contributed by atoms with Crippen LogP contribution in [0.15, 0.2) is 71.9 Å². The number of hydrogen-bond donors (Lipinski definition) is 2. The highest BCUT2D eigenvalue weighted by Gasteiger charge is 2.08. The normalized spacial score (nSPS) is 10.8. The molecule has 1 heterocycles. The lowest BCUT2D eigenvalue weighted by Crippen LogP contribution is -2.36. The molecule has 2 N–H and O–H groups in total. The Morgan fingerprint density at radius 2 is 1.69 bits per heavy atom. The lowest BCUT2D eigenvalue weighted by molar-refractivity contribution is 0.450. The van der Waals surface area contributed by atoms with E-state index < -0.39 is 0 Å². The number of nitrogens with zero attached hydrogens (tertiary/aromatic N) is 2. The van der Waals surface area contributed by atoms with E-state index in [-0.39, 0.29) is 35.6 Å². The molecule has 0 saturated carbocycles. The molecule has 2 aromatic carbocycles. The van der Waals surface area contributed by atoms with Gasteiger partial charge in [0.25, 0.3) is 0 Å². The summed E-state index contributed by atoms with van der Waals surface area (Å²) in [5, 5.41) is 6.28. The Kier molecular flexibility index (Phi) is 8.78. The maximum atomic E-state index is 13.4. The number of hydrogen-bond acceptors (Lipinski definition) is 3. The Morgan fingerprint density at radius 3 is 2.41 bits per heavy atom. The van der Waals surface area contributed by atoms with Gasteiger partial charge in [-0.2, -0.15) is 0 Å². The highest BCUT2D eigenvalue weighted by Crippen LogP contribution is 2.23. The molecule has 8 heteroatoms. The monoisotopic (exact) mass is 510 g/mol. The summed E-state index contributed by atoms with van der Waals surface area (Å²) in [6.07, 6.45) is 1.61. The van der Waals surface area contributed by atoms with Crippen LogP contribution < -0.4 is 15.4 Å². The molecule has 1 aromatic heterocycles. The van der Waals surface area contributed by atoms with Gasteiger partial charge >= 0.3 is 0 Å². The van der Waals surface area contributed by atoms with Crippen LogP contribution in [0, 0.1) is 11.6 Å². The second kappa shape index (κ2) is 11.3. The fourth-order valence-electron chi connectivity index (χ4n) is 2.52. The van der Waals surface area contributed by atoms with E-state index in [1.54, 1.807) is 37.5 Å². The second-order valence-corrected chi connectivity index (χ2v) is 5.94. The first-order chi connectivity index (χ1) is 13.6. The molecular formula is C21H21F2IN4O. The van der Waals surface area contributed by atoms with Crippen molar-refractivity contribution in [2.45, 2.75) is 13.1 Å². The van der Waals surface area contributed by atoms with Gasteiger partial charge in [0.05, 0.1) is 0 Å². The van der Waals surface area contributed by atoms with Crippen LogP contribution >= 0.6 is 24.0 Å². The number of ether oxygens (including phenoxy) is 1. The maximum absolute atomic E-state index is 13.4. The number of nitrogens with one attached hydrogen (secondary N) is 2. The van der Waals surface area contributed by atoms with Crippen molar-refractivity contribution in [3.8, 4) is 11.6 Å². The van der Waals surface area contributed by atoms with E-state index in [0.29, 0.717) is 30.7 Å². The van der Waals surface area contributed by atoms with Gasteiger partial charge in [0.2, 0.25) is 5.88 Å². The zero-order valence-electron chi connectivity index (χ0n) is 15.7. The number of aliphatic imine (C=N–C) groups is 1. The number of guanidine groups is 1. The van der Waals surface area contributed by atoms with Crippen molar-refractivity contribution in [3.63, 3.8) is 0 Å². The van der Waals surface area contributed by atoms with Gasteiger partial charge in [-0.3, -0.25) is 4.99 Å². The smallest absolute Gasteiger partial charge is 0.224 e. The molecule has 0 aliphatic heterocycles. The van der Waals surface area contributed by atoms with Gasteiger partial charge in [0.1, 0.15) is 17.4 Å². The minimum Gasteiger partial charge on any atom is -0.439 e. The molecule has 0 fully saturated rings. The molecule has 0 radical (unpaired) electrons. The summed E-state index contributed by atoms with van der Waals surface area (Å²) < 4.78 is 32.3. The molecule has 3 aromatic rings. The zero-order chi connectivity index (χ0) is 19.8. The predicted octanol–water partition coefficient (Wildman–Crippen LogP) is 4.64. The van der Waals surface area contributed by atoms with Gasteiger partial charge in [-0.05, 0) is 35.9 Å². The first-order valence-electron chi connectivity index (χ1n) is 8.70. The summed E-state index contributed by atoms with van der Waals surface area (Å²) in [5.41, 5.74) is 1.58. The lowest BCUT2D eigenvalue weighted by Gasteiger charge is -2.14. The van der Waals surface area contributed by atoms with E-state index in [4.69, 9.17) is 4.74 Å². The third kappa shape index (κ3) is 6.97. The van der Waals surface area contributed by atoms with Crippen molar-refractivity contribution < 1.29 is 13.5 Å². The zero-order valence-corrected chi connectivity index (χ0v) is 18.1. The van der Waals surface area contributed by atoms with Crippen LogP contribution in [0.25, 0.3) is 0 Å². The van der Waals surface area contributed by atoms with Gasteiger partial charge in [0.15, 0.2) is 5.96 Å². The van der Waals surface area contributed by atoms with Gasteiger partial charge in [-0.15, -0.1) is 24.0 Å². The van der Waals surface area contributed by atoms with Crippen LogP contribution in [0.3, 0.4) is 0 Å². The Balaban J connectivity index is 0.00000300. The van der Waals surface area contributed by atoms with Crippen LogP contribution in [-0.4, -0.2) is 18.0 Å². The quantitative estimate of drug-likeness (QED) is 0.289. The topological polar surface area (TPSA) is 58.5 Å². The number of aromatic nitrogens is 1. The minimum absolute atomic E-state index is 0. The van der Waals surface area contributed by atoms with Crippen molar-refractivity contribution in [2.24, 2.45) is 4.99 Å². The van der Waals surface area contributed by atoms with Gasteiger partial charge in [0, 0.05) is 38.0 Å². The first-order valence-corrected chi connectivity index (χ1v) is 8.70. The molecule has 0 atom stereocenters. The van der Waals surface area contributed by atoms with Crippen LogP contribution in [0.4, 0.5) is 8.78 Å². The predicted molar refractivity (Wildman–Crippen MR) is 120 cm³/mol. The van der Waals surface area contributed by atoms with Gasteiger partial charge < -0.3 is 15.4 Å². The summed E-state index contributed by atoms with van der Waals surface area (Å²) in [6, 6.07) is 15.9. The largest absolute Gasteiger partial charge is 0.439 e. The Bertz CT molecular complexity index is 969. The molecular weight excluding hydrogens is 489 g/mol. The number of halogens is 3. The van der Waals surface area contributed by atoms with E-state index in [1.165, 1.54) is 24.3 Å². The molecule has 152 valence electrons. The van der Waals surface area contributed by atoms with Crippen LogP contribution in [0.5, 0.6) is 11.6 Å². The molecule has 0 bridgehead atoms. The number of rotatable bonds is 6. The SMILES string of the molecule is CN=C(NCc1cccc(F)c1)NCc1cccnc1Oc1cccc(F)c1.I. The van der Waals surface area contributed by atoms with Crippen molar-refractivity contribution in [1.29, 1.82) is 0 Å². The minimum atomic E-state index is -0.380. The van der Waals surface area contributed by atoms with E-state index in [2.05, 4.69) is 20.6 Å². The molecule has 0 saturated heterocycles. The summed E-state index contributed by atoms with van der Waals surface area (Å²) in [7, 11) is 1.65. The molecule has 0 aliphatic carbocycles. The van der Waals surface area contributed by atoms with Crippen LogP contribution in [-0.2, 0) is 13.1 Å². The van der Waals surface area contributed by atoms with E-state index >= 15 is 0 Å². The standard InChI is InChI=1S/C21H20F2N4O.HI/c1-24-21(26-13-15-5-2-7-17(22)11-15)27-14-16-6-4-10-25-20(16)28-19-9-3-8-18(23)12-19;/h2-12H,13-14H2,1H3,(H2,24,26,27);1H. The summed E-state index contributed by atoms with van der Waals surface area (Å²) >= 11 is 0. The average Bonchev–Trinajstić information content (AvgIpc) is 2.69. The van der Waals surface area contributed by atoms with Gasteiger partial charge in [-0.25, -0.2) is 13.8 Å². The molecule has 5 nitrogen and oxygen atoms in total. The molecule has 29 heavy (non-hydrogen) atoms. The molecule has 0 unspecified atom stereocenters. The molecule has 0 amide bonds. The highest BCUT2D eigenvalue weighted by molar-refractivity contribution is 14.0. The molecule has 0 spiro atoms. The fourth-order valence-corrected chi connectivity index (χ4v) is 2.52. The van der Waals surface area contributed by atoms with Crippen LogP contribution in [0.2, 0.25) is 0 Å². The summed E-state index contributed by atoms with van der Waals surface area (Å²) in [6.45, 7) is 0.818. The van der Waals surface area contributed by atoms with Crippen molar-refractivity contribution in [1.82, 2.24) is 15.6 Å². The Hall–Kier alpha value is -2.75. The highest BCUT2D eigenvalue weighted by atomic mass is 127. The molecule has 3 rings (SSSR count). The number of benzene rings is 2. The third-order valence-corrected chi connectivity index (χ3v) is 3.88. The fraction of sp³-hybridized carbons (Fsp3) is 0.143. The third-order valence-electron chi connectivity index (χ3n) is 3.88. The average molecular weight is 510 g/mol. The van der Waals surface area contributed by atoms with E-state index in [9.17, 15) is 8.78 Å².